The van der Waals surface area contributed by atoms with Crippen molar-refractivity contribution in [2.24, 2.45) is 16.3 Å². The molecule has 0 atom stereocenters. The summed E-state index contributed by atoms with van der Waals surface area (Å²) in [5.74, 6) is 1.90. The average Bonchev–Trinajstić information content (AvgIpc) is 2.42. The van der Waals surface area contributed by atoms with Crippen molar-refractivity contribution in [3.8, 4) is 0 Å². The predicted octanol–water partition coefficient (Wildman–Crippen LogP) is 2.77. The standard InChI is InChI=1S/C15H29N3O.HI/c1-4-12-5-7-13(8-6-12)18-14(16-3)17-9-15(2)10-19-11-15;/h12-13H,4-11H2,1-3H3,(H2,16,17,18);1H. The summed E-state index contributed by atoms with van der Waals surface area (Å²) in [5, 5.41) is 7.01. The molecule has 2 rings (SSSR count). The second-order valence-corrected chi connectivity index (χ2v) is 6.50. The van der Waals surface area contributed by atoms with Crippen LogP contribution in [0, 0.1) is 11.3 Å². The number of ether oxygens (including phenoxy) is 1. The molecule has 2 fully saturated rings. The van der Waals surface area contributed by atoms with E-state index in [1.807, 2.05) is 7.05 Å². The Morgan fingerprint density at radius 1 is 1.25 bits per heavy atom. The maximum absolute atomic E-state index is 5.28. The van der Waals surface area contributed by atoms with E-state index >= 15 is 0 Å². The van der Waals surface area contributed by atoms with E-state index in [2.05, 4.69) is 29.5 Å². The van der Waals surface area contributed by atoms with Gasteiger partial charge in [-0.25, -0.2) is 0 Å². The van der Waals surface area contributed by atoms with Crippen LogP contribution in [0.3, 0.4) is 0 Å². The zero-order chi connectivity index (χ0) is 13.7. The van der Waals surface area contributed by atoms with E-state index in [0.717, 1.165) is 31.6 Å². The van der Waals surface area contributed by atoms with Gasteiger partial charge in [-0.05, 0) is 31.6 Å². The maximum atomic E-state index is 5.28. The van der Waals surface area contributed by atoms with E-state index in [1.165, 1.54) is 32.1 Å². The number of nitrogens with zero attached hydrogens (tertiary/aromatic N) is 1. The first-order valence-corrected chi connectivity index (χ1v) is 7.70. The van der Waals surface area contributed by atoms with Crippen LogP contribution in [0.15, 0.2) is 4.99 Å². The summed E-state index contributed by atoms with van der Waals surface area (Å²) in [6.45, 7) is 7.22. The second-order valence-electron chi connectivity index (χ2n) is 6.50. The van der Waals surface area contributed by atoms with Gasteiger partial charge in [-0.3, -0.25) is 4.99 Å². The molecule has 2 aliphatic rings. The van der Waals surface area contributed by atoms with Gasteiger partial charge >= 0.3 is 0 Å². The van der Waals surface area contributed by atoms with Crippen molar-refractivity contribution >= 4 is 29.9 Å². The summed E-state index contributed by atoms with van der Waals surface area (Å²) in [4.78, 5) is 4.34. The number of aliphatic imine (C=N–C) groups is 1. The van der Waals surface area contributed by atoms with Crippen molar-refractivity contribution in [3.05, 3.63) is 0 Å². The fraction of sp³-hybridized carbons (Fsp3) is 0.933. The van der Waals surface area contributed by atoms with E-state index in [1.54, 1.807) is 0 Å². The Morgan fingerprint density at radius 3 is 2.35 bits per heavy atom. The lowest BCUT2D eigenvalue weighted by Gasteiger charge is -2.38. The molecule has 5 heteroatoms. The normalized spacial score (nSPS) is 29.1. The highest BCUT2D eigenvalue weighted by Gasteiger charge is 2.33. The highest BCUT2D eigenvalue weighted by molar-refractivity contribution is 14.0. The maximum Gasteiger partial charge on any atom is 0.191 e. The van der Waals surface area contributed by atoms with Gasteiger partial charge in [-0.15, -0.1) is 24.0 Å². The van der Waals surface area contributed by atoms with Crippen LogP contribution in [0.2, 0.25) is 0 Å². The number of halogens is 1. The van der Waals surface area contributed by atoms with Gasteiger partial charge < -0.3 is 15.4 Å². The van der Waals surface area contributed by atoms with Crippen LogP contribution < -0.4 is 10.6 Å². The molecule has 0 amide bonds. The Labute approximate surface area is 140 Å². The van der Waals surface area contributed by atoms with Gasteiger partial charge in [0.25, 0.3) is 0 Å². The highest BCUT2D eigenvalue weighted by Crippen LogP contribution is 2.27. The summed E-state index contributed by atoms with van der Waals surface area (Å²) < 4.78 is 5.28. The van der Waals surface area contributed by atoms with Crippen LogP contribution in [-0.2, 0) is 4.74 Å². The van der Waals surface area contributed by atoms with Gasteiger partial charge in [-0.2, -0.15) is 0 Å². The van der Waals surface area contributed by atoms with Crippen LogP contribution in [0.5, 0.6) is 0 Å². The van der Waals surface area contributed by atoms with E-state index in [-0.39, 0.29) is 29.4 Å². The molecular weight excluding hydrogens is 365 g/mol. The minimum Gasteiger partial charge on any atom is -0.380 e. The summed E-state index contributed by atoms with van der Waals surface area (Å²) in [5.41, 5.74) is 0.289. The third kappa shape index (κ3) is 5.06. The summed E-state index contributed by atoms with van der Waals surface area (Å²) in [6, 6.07) is 0.597. The van der Waals surface area contributed by atoms with Crippen molar-refractivity contribution in [2.45, 2.75) is 52.0 Å². The Hall–Kier alpha value is -0.0400. The van der Waals surface area contributed by atoms with Crippen LogP contribution in [0.1, 0.15) is 46.0 Å². The molecule has 0 aromatic rings. The lowest BCUT2D eigenvalue weighted by molar-refractivity contribution is -0.0971. The summed E-state index contributed by atoms with van der Waals surface area (Å²) in [6.07, 6.45) is 6.60. The van der Waals surface area contributed by atoms with Crippen molar-refractivity contribution in [1.82, 2.24) is 10.6 Å². The molecular formula is C15H30IN3O. The van der Waals surface area contributed by atoms with Crippen molar-refractivity contribution in [3.63, 3.8) is 0 Å². The molecule has 1 saturated carbocycles. The van der Waals surface area contributed by atoms with E-state index in [0.29, 0.717) is 6.04 Å². The number of hydrogen-bond acceptors (Lipinski definition) is 2. The molecule has 1 aliphatic carbocycles. The molecule has 0 radical (unpaired) electrons. The zero-order valence-corrected chi connectivity index (χ0v) is 15.4. The van der Waals surface area contributed by atoms with Gasteiger partial charge in [0.05, 0.1) is 13.2 Å². The lowest BCUT2D eigenvalue weighted by atomic mass is 9.84. The topological polar surface area (TPSA) is 45.7 Å². The molecule has 0 bridgehead atoms. The number of rotatable bonds is 4. The predicted molar refractivity (Wildman–Crippen MR) is 94.9 cm³/mol. The molecule has 118 valence electrons. The van der Waals surface area contributed by atoms with Crippen molar-refractivity contribution in [1.29, 1.82) is 0 Å². The average molecular weight is 395 g/mol. The molecule has 1 saturated heterocycles. The van der Waals surface area contributed by atoms with Crippen LogP contribution in [-0.4, -0.2) is 38.8 Å². The SMILES string of the molecule is CCC1CCC(NC(=NC)NCC2(C)COC2)CC1.I. The second kappa shape index (κ2) is 8.41. The van der Waals surface area contributed by atoms with E-state index < -0.39 is 0 Å². The number of nitrogens with one attached hydrogen (secondary N) is 2. The molecule has 4 nitrogen and oxygen atoms in total. The van der Waals surface area contributed by atoms with Gasteiger partial charge in [0.15, 0.2) is 5.96 Å². The molecule has 0 unspecified atom stereocenters. The zero-order valence-electron chi connectivity index (χ0n) is 13.1. The first-order valence-electron chi connectivity index (χ1n) is 7.70. The quantitative estimate of drug-likeness (QED) is 0.437. The van der Waals surface area contributed by atoms with Crippen molar-refractivity contribution in [2.75, 3.05) is 26.8 Å². The van der Waals surface area contributed by atoms with Gasteiger partial charge in [0.1, 0.15) is 0 Å². The fourth-order valence-electron chi connectivity index (χ4n) is 2.95. The minimum atomic E-state index is 0. The number of guanidine groups is 1. The third-order valence-corrected chi connectivity index (χ3v) is 4.57. The Kier molecular flexibility index (Phi) is 7.58. The Morgan fingerprint density at radius 2 is 1.90 bits per heavy atom. The van der Waals surface area contributed by atoms with Crippen LogP contribution in [0.25, 0.3) is 0 Å². The highest BCUT2D eigenvalue weighted by atomic mass is 127. The largest absolute Gasteiger partial charge is 0.380 e. The van der Waals surface area contributed by atoms with Crippen LogP contribution in [0.4, 0.5) is 0 Å². The van der Waals surface area contributed by atoms with Gasteiger partial charge in [0, 0.05) is 25.0 Å². The molecule has 0 aromatic carbocycles. The first-order chi connectivity index (χ1) is 9.15. The number of hydrogen-bond donors (Lipinski definition) is 2. The monoisotopic (exact) mass is 395 g/mol. The molecule has 2 N–H and O–H groups in total. The molecule has 1 heterocycles. The molecule has 20 heavy (non-hydrogen) atoms. The summed E-state index contributed by atoms with van der Waals surface area (Å²) in [7, 11) is 1.85. The molecule has 1 aliphatic heterocycles. The smallest absolute Gasteiger partial charge is 0.191 e. The Balaban J connectivity index is 0.00000200. The minimum absolute atomic E-state index is 0. The fourth-order valence-corrected chi connectivity index (χ4v) is 2.95. The third-order valence-electron chi connectivity index (χ3n) is 4.57. The van der Waals surface area contributed by atoms with Crippen molar-refractivity contribution < 1.29 is 4.74 Å². The first kappa shape index (κ1) is 18.0. The molecule has 0 aromatic heterocycles. The van der Waals surface area contributed by atoms with E-state index in [9.17, 15) is 0 Å². The lowest BCUT2D eigenvalue weighted by Crippen LogP contribution is -2.52. The molecule has 0 spiro atoms. The van der Waals surface area contributed by atoms with Gasteiger partial charge in [-0.1, -0.05) is 20.3 Å². The summed E-state index contributed by atoms with van der Waals surface area (Å²) >= 11 is 0. The Bertz CT molecular complexity index is 310. The van der Waals surface area contributed by atoms with Gasteiger partial charge in [0.2, 0.25) is 0 Å². The van der Waals surface area contributed by atoms with Crippen LogP contribution >= 0.6 is 24.0 Å². The van der Waals surface area contributed by atoms with E-state index in [4.69, 9.17) is 4.74 Å².